The van der Waals surface area contributed by atoms with Gasteiger partial charge in [0.05, 0.1) is 6.61 Å². The molecule has 0 radical (unpaired) electrons. The van der Waals surface area contributed by atoms with E-state index in [0.29, 0.717) is 21.4 Å². The molecule has 1 unspecified atom stereocenters. The van der Waals surface area contributed by atoms with E-state index >= 15 is 0 Å². The van der Waals surface area contributed by atoms with Crippen LogP contribution in [-0.2, 0) is 19.2 Å². The van der Waals surface area contributed by atoms with Crippen LogP contribution in [0.3, 0.4) is 0 Å². The van der Waals surface area contributed by atoms with Crippen LogP contribution in [0, 0.1) is 0 Å². The number of thiazole rings is 1. The van der Waals surface area contributed by atoms with Crippen LogP contribution in [-0.4, -0.2) is 89.9 Å². The zero-order valence-electron chi connectivity index (χ0n) is 17.1. The van der Waals surface area contributed by atoms with Crippen LogP contribution in [0.1, 0.15) is 5.69 Å². The van der Waals surface area contributed by atoms with Crippen molar-refractivity contribution in [1.82, 2.24) is 25.4 Å². The molecule has 34 heavy (non-hydrogen) atoms. The van der Waals surface area contributed by atoms with Crippen molar-refractivity contribution in [1.29, 1.82) is 0 Å². The minimum atomic E-state index is -1.21. The molecule has 4 rings (SSSR count). The number of carboxylic acid groups (broad SMARTS) is 1. The van der Waals surface area contributed by atoms with Crippen molar-refractivity contribution >= 4 is 74.8 Å². The zero-order valence-corrected chi connectivity index (χ0v) is 20.4. The van der Waals surface area contributed by atoms with Crippen molar-refractivity contribution in [3.63, 3.8) is 0 Å². The number of aliphatic carboxylic acids is 1. The maximum Gasteiger partial charge on any atom is 0.352 e. The molecule has 1 fully saturated rings. The third-order valence-electron chi connectivity index (χ3n) is 4.56. The van der Waals surface area contributed by atoms with E-state index in [2.05, 4.69) is 25.7 Å². The number of nitrogens with zero attached hydrogens (tertiary/aromatic N) is 5. The molecule has 2 atom stereocenters. The van der Waals surface area contributed by atoms with E-state index in [0.717, 1.165) is 11.3 Å². The first-order chi connectivity index (χ1) is 16.4. The van der Waals surface area contributed by atoms with Crippen molar-refractivity contribution in [2.45, 2.75) is 15.8 Å². The molecule has 13 nitrogen and oxygen atoms in total. The third kappa shape index (κ3) is 5.02. The SMILES string of the molecule is Nc1nc(C(=NOCCO)C(=O)NC2C(=O)N3C(C(=O)O)=C(CSc4nncs4)CS[C@@H]23)cs1. The molecule has 0 spiro atoms. The number of carbonyl (C=O) groups is 3. The largest absolute Gasteiger partial charge is 0.477 e. The zero-order chi connectivity index (χ0) is 24.2. The monoisotopic (exact) mass is 543 g/mol. The van der Waals surface area contributed by atoms with Gasteiger partial charge in [0.25, 0.3) is 11.8 Å². The molecule has 0 aromatic carbocycles. The van der Waals surface area contributed by atoms with Gasteiger partial charge in [0, 0.05) is 16.9 Å². The Hall–Kier alpha value is -2.73. The van der Waals surface area contributed by atoms with Crippen LogP contribution in [0.2, 0.25) is 0 Å². The summed E-state index contributed by atoms with van der Waals surface area (Å²) in [6, 6.07) is -0.955. The number of anilines is 1. The minimum Gasteiger partial charge on any atom is -0.477 e. The predicted octanol–water partition coefficient (Wildman–Crippen LogP) is -0.179. The standard InChI is InChI=1S/C17H17N7O6S4/c18-16-20-8(5-32-16)9(23-30-2-1-25)12(26)21-10-13(27)24-11(15(28)29)7(3-31-14(10)24)4-33-17-22-19-6-34-17/h5-6,10,14,25H,1-4H2,(H2,18,20)(H,21,26)(H,28,29)/t10?,14-/m0/s1. The predicted molar refractivity (Wildman–Crippen MR) is 126 cm³/mol. The van der Waals surface area contributed by atoms with Crippen LogP contribution >= 0.6 is 46.2 Å². The lowest BCUT2D eigenvalue weighted by molar-refractivity contribution is -0.150. The molecule has 2 aromatic heterocycles. The number of nitrogens with one attached hydrogen (secondary N) is 1. The molecule has 0 saturated carbocycles. The highest BCUT2D eigenvalue weighted by Crippen LogP contribution is 2.41. The van der Waals surface area contributed by atoms with Gasteiger partial charge in [-0.3, -0.25) is 14.5 Å². The van der Waals surface area contributed by atoms with Crippen molar-refractivity contribution < 1.29 is 29.4 Å². The number of aliphatic hydroxyl groups is 1. The Balaban J connectivity index is 1.49. The Morgan fingerprint density at radius 1 is 1.41 bits per heavy atom. The van der Waals surface area contributed by atoms with Crippen LogP contribution in [0.5, 0.6) is 0 Å². The van der Waals surface area contributed by atoms with E-state index in [-0.39, 0.29) is 35.4 Å². The Morgan fingerprint density at radius 3 is 2.88 bits per heavy atom. The van der Waals surface area contributed by atoms with Gasteiger partial charge in [-0.15, -0.1) is 33.3 Å². The number of rotatable bonds is 10. The average Bonchev–Trinajstić information content (AvgIpc) is 3.49. The molecular weight excluding hydrogens is 526 g/mol. The maximum atomic E-state index is 12.9. The van der Waals surface area contributed by atoms with Crippen molar-refractivity contribution in [2.75, 3.05) is 30.5 Å². The molecule has 2 aliphatic rings. The smallest absolute Gasteiger partial charge is 0.352 e. The molecule has 17 heteroatoms. The fraction of sp³-hybridized carbons (Fsp3) is 0.353. The highest BCUT2D eigenvalue weighted by Gasteiger charge is 2.54. The molecule has 4 heterocycles. The average molecular weight is 544 g/mol. The third-order valence-corrected chi connectivity index (χ3v) is 8.52. The fourth-order valence-electron chi connectivity index (χ4n) is 3.13. The summed E-state index contributed by atoms with van der Waals surface area (Å²) in [7, 11) is 0. The highest BCUT2D eigenvalue weighted by molar-refractivity contribution is 8.01. The van der Waals surface area contributed by atoms with E-state index in [1.165, 1.54) is 45.1 Å². The number of amides is 2. The summed E-state index contributed by atoms with van der Waals surface area (Å²) in [6.45, 7) is -0.452. The molecule has 2 aromatic rings. The number of oxime groups is 1. The molecular formula is C17H17N7O6S4. The fourth-order valence-corrected chi connectivity index (χ4v) is 6.65. The Labute approximate surface area is 208 Å². The van der Waals surface area contributed by atoms with Crippen LogP contribution in [0.15, 0.2) is 31.7 Å². The molecule has 180 valence electrons. The van der Waals surface area contributed by atoms with Gasteiger partial charge in [0.15, 0.2) is 15.2 Å². The number of β-lactam (4-membered cyclic amide) rings is 1. The summed E-state index contributed by atoms with van der Waals surface area (Å²) in [6.07, 6.45) is 0. The summed E-state index contributed by atoms with van der Waals surface area (Å²) in [5, 5.41) is 33.8. The molecule has 2 aliphatic heterocycles. The second-order valence-corrected chi connectivity index (χ2v) is 10.7. The van der Waals surface area contributed by atoms with Gasteiger partial charge in [-0.25, -0.2) is 9.78 Å². The normalized spacial score (nSPS) is 20.1. The quantitative estimate of drug-likeness (QED) is 0.102. The number of aromatic nitrogens is 3. The Kier molecular flexibility index (Phi) is 7.67. The number of hydrogen-bond acceptors (Lipinski definition) is 14. The number of fused-ring (bicyclic) bond motifs is 1. The van der Waals surface area contributed by atoms with Gasteiger partial charge >= 0.3 is 5.97 Å². The summed E-state index contributed by atoms with van der Waals surface area (Å²) in [5.41, 5.74) is 7.67. The van der Waals surface area contributed by atoms with Crippen LogP contribution in [0.4, 0.5) is 5.13 Å². The lowest BCUT2D eigenvalue weighted by Gasteiger charge is -2.49. The topological polar surface area (TPSA) is 193 Å². The summed E-state index contributed by atoms with van der Waals surface area (Å²) < 4.78 is 0.697. The van der Waals surface area contributed by atoms with Crippen molar-refractivity contribution in [3.8, 4) is 0 Å². The minimum absolute atomic E-state index is 0.0799. The molecule has 0 aliphatic carbocycles. The highest BCUT2D eigenvalue weighted by atomic mass is 32.2. The van der Waals surface area contributed by atoms with E-state index in [1.807, 2.05) is 0 Å². The summed E-state index contributed by atoms with van der Waals surface area (Å²) >= 11 is 5.14. The number of nitrogens with two attached hydrogens (primary N) is 1. The number of hydrogen-bond donors (Lipinski definition) is 4. The van der Waals surface area contributed by atoms with Gasteiger partial charge in [-0.05, 0) is 5.57 Å². The van der Waals surface area contributed by atoms with Gasteiger partial charge in [-0.1, -0.05) is 28.3 Å². The van der Waals surface area contributed by atoms with Gasteiger partial charge in [0.1, 0.15) is 34.9 Å². The van der Waals surface area contributed by atoms with E-state index in [4.69, 9.17) is 15.7 Å². The second-order valence-electron chi connectivity index (χ2n) is 6.68. The first-order valence-corrected chi connectivity index (χ1v) is 13.3. The molecule has 2 amide bonds. The number of thioether (sulfide) groups is 2. The molecule has 5 N–H and O–H groups in total. The first-order valence-electron chi connectivity index (χ1n) is 9.52. The number of nitrogen functional groups attached to an aromatic ring is 1. The summed E-state index contributed by atoms with van der Waals surface area (Å²) in [5.74, 6) is -1.78. The Morgan fingerprint density at radius 2 is 2.24 bits per heavy atom. The lowest BCUT2D eigenvalue weighted by Crippen LogP contribution is -2.71. The molecule has 1 saturated heterocycles. The van der Waals surface area contributed by atoms with Crippen LogP contribution < -0.4 is 11.1 Å². The lowest BCUT2D eigenvalue weighted by atomic mass is 10.0. The van der Waals surface area contributed by atoms with Crippen LogP contribution in [0.25, 0.3) is 0 Å². The second kappa shape index (κ2) is 10.7. The van der Waals surface area contributed by atoms with E-state index < -0.39 is 29.2 Å². The van der Waals surface area contributed by atoms with Gasteiger partial charge in [0.2, 0.25) is 0 Å². The van der Waals surface area contributed by atoms with E-state index in [9.17, 15) is 19.5 Å². The number of aliphatic hydroxyl groups excluding tert-OH is 1. The first kappa shape index (κ1) is 24.4. The van der Waals surface area contributed by atoms with Gasteiger partial charge in [-0.2, -0.15) is 0 Å². The number of carbonyl (C=O) groups excluding carboxylic acids is 2. The Bertz CT molecular complexity index is 1150. The maximum absolute atomic E-state index is 12.9. The van der Waals surface area contributed by atoms with Gasteiger partial charge < -0.3 is 26.1 Å². The number of carboxylic acids is 1. The molecule has 0 bridgehead atoms. The summed E-state index contributed by atoms with van der Waals surface area (Å²) in [4.78, 5) is 47.9. The van der Waals surface area contributed by atoms with E-state index in [1.54, 1.807) is 5.51 Å². The van der Waals surface area contributed by atoms with Crippen molar-refractivity contribution in [3.05, 3.63) is 27.9 Å². The van der Waals surface area contributed by atoms with Crippen molar-refractivity contribution in [2.24, 2.45) is 5.16 Å².